The van der Waals surface area contributed by atoms with E-state index in [0.717, 1.165) is 6.42 Å². The van der Waals surface area contributed by atoms with Crippen LogP contribution in [0.5, 0.6) is 0 Å². The summed E-state index contributed by atoms with van der Waals surface area (Å²) in [7, 11) is 0. The Hall–Kier alpha value is -1.06. The van der Waals surface area contributed by atoms with E-state index in [1.54, 1.807) is 0 Å². The van der Waals surface area contributed by atoms with Gasteiger partial charge in [0.15, 0.2) is 0 Å². The van der Waals surface area contributed by atoms with E-state index in [-0.39, 0.29) is 17.9 Å². The molecule has 14 heavy (non-hydrogen) atoms. The molecule has 4 heteroatoms. The fourth-order valence-electron chi connectivity index (χ4n) is 2.00. The number of carbonyl (C=O) groups excluding carboxylic acids is 1. The summed E-state index contributed by atoms with van der Waals surface area (Å²) in [6, 6.07) is -0.606. The van der Waals surface area contributed by atoms with Gasteiger partial charge in [0.2, 0.25) is 5.91 Å². The average Bonchev–Trinajstić information content (AvgIpc) is 2.34. The standard InChI is InChI=1S/C10H17NO3/c1-6(2)9(10(13)14)11-7(3)4-5-8(11)12/h6-7,9H,4-5H2,1-3H3,(H,13,14). The third-order valence-corrected chi connectivity index (χ3v) is 2.72. The van der Waals surface area contributed by atoms with Crippen molar-refractivity contribution in [3.05, 3.63) is 0 Å². The Morgan fingerprint density at radius 3 is 2.43 bits per heavy atom. The van der Waals surface area contributed by atoms with Gasteiger partial charge in [0.25, 0.3) is 0 Å². The zero-order chi connectivity index (χ0) is 10.9. The van der Waals surface area contributed by atoms with Crippen LogP contribution < -0.4 is 0 Å². The first-order valence-electron chi connectivity index (χ1n) is 4.99. The van der Waals surface area contributed by atoms with E-state index in [0.29, 0.717) is 6.42 Å². The number of carboxylic acids is 1. The molecular formula is C10H17NO3. The van der Waals surface area contributed by atoms with Crippen LogP contribution in [0.2, 0.25) is 0 Å². The minimum atomic E-state index is -0.901. The number of hydrogen-bond acceptors (Lipinski definition) is 2. The highest BCUT2D eigenvalue weighted by Crippen LogP contribution is 2.24. The van der Waals surface area contributed by atoms with Gasteiger partial charge in [0.05, 0.1) is 0 Å². The zero-order valence-corrected chi connectivity index (χ0v) is 8.86. The van der Waals surface area contributed by atoms with Crippen molar-refractivity contribution in [2.24, 2.45) is 5.92 Å². The molecule has 2 unspecified atom stereocenters. The summed E-state index contributed by atoms with van der Waals surface area (Å²) >= 11 is 0. The molecule has 4 nitrogen and oxygen atoms in total. The van der Waals surface area contributed by atoms with Crippen LogP contribution in [0.3, 0.4) is 0 Å². The quantitative estimate of drug-likeness (QED) is 0.740. The second kappa shape index (κ2) is 3.98. The van der Waals surface area contributed by atoms with Crippen molar-refractivity contribution >= 4 is 11.9 Å². The van der Waals surface area contributed by atoms with Crippen molar-refractivity contribution < 1.29 is 14.7 Å². The van der Waals surface area contributed by atoms with Crippen molar-refractivity contribution in [1.29, 1.82) is 0 Å². The second-order valence-corrected chi connectivity index (χ2v) is 4.22. The van der Waals surface area contributed by atoms with Crippen LogP contribution in [-0.2, 0) is 9.59 Å². The van der Waals surface area contributed by atoms with E-state index >= 15 is 0 Å². The van der Waals surface area contributed by atoms with Crippen LogP contribution in [0.1, 0.15) is 33.6 Å². The Bertz CT molecular complexity index is 250. The molecular weight excluding hydrogens is 182 g/mol. The number of carboxylic acid groups (broad SMARTS) is 1. The van der Waals surface area contributed by atoms with E-state index in [2.05, 4.69) is 0 Å². The van der Waals surface area contributed by atoms with Crippen LogP contribution >= 0.6 is 0 Å². The van der Waals surface area contributed by atoms with E-state index in [4.69, 9.17) is 5.11 Å². The second-order valence-electron chi connectivity index (χ2n) is 4.22. The SMILES string of the molecule is CC(C)C(C(=O)O)N1C(=O)CCC1C. The largest absolute Gasteiger partial charge is 0.480 e. The summed E-state index contributed by atoms with van der Waals surface area (Å²) in [6.07, 6.45) is 1.26. The van der Waals surface area contributed by atoms with Crippen LogP contribution in [0.25, 0.3) is 0 Å². The Morgan fingerprint density at radius 2 is 2.14 bits per heavy atom. The van der Waals surface area contributed by atoms with E-state index in [1.165, 1.54) is 4.90 Å². The molecule has 0 saturated carbocycles. The van der Waals surface area contributed by atoms with Gasteiger partial charge >= 0.3 is 5.97 Å². The minimum Gasteiger partial charge on any atom is -0.480 e. The average molecular weight is 199 g/mol. The molecule has 0 bridgehead atoms. The van der Waals surface area contributed by atoms with E-state index < -0.39 is 12.0 Å². The van der Waals surface area contributed by atoms with Gasteiger partial charge in [0.1, 0.15) is 6.04 Å². The van der Waals surface area contributed by atoms with Crippen LogP contribution in [0.15, 0.2) is 0 Å². The van der Waals surface area contributed by atoms with Gasteiger partial charge in [0, 0.05) is 12.5 Å². The number of amides is 1. The molecule has 0 spiro atoms. The van der Waals surface area contributed by atoms with Crippen LogP contribution in [-0.4, -0.2) is 34.0 Å². The maximum atomic E-state index is 11.5. The predicted molar refractivity (Wildman–Crippen MR) is 51.8 cm³/mol. The molecule has 0 aliphatic carbocycles. The molecule has 1 heterocycles. The summed E-state index contributed by atoms with van der Waals surface area (Å²) < 4.78 is 0. The lowest BCUT2D eigenvalue weighted by Gasteiger charge is -2.31. The van der Waals surface area contributed by atoms with Gasteiger partial charge < -0.3 is 10.0 Å². The number of hydrogen-bond donors (Lipinski definition) is 1. The summed E-state index contributed by atoms with van der Waals surface area (Å²) in [6.45, 7) is 5.57. The molecule has 1 N–H and O–H groups in total. The van der Waals surface area contributed by atoms with Gasteiger partial charge in [-0.2, -0.15) is 0 Å². The number of likely N-dealkylation sites (tertiary alicyclic amines) is 1. The molecule has 0 aromatic heterocycles. The van der Waals surface area contributed by atoms with Gasteiger partial charge in [-0.3, -0.25) is 4.79 Å². The van der Waals surface area contributed by atoms with Crippen LogP contribution in [0.4, 0.5) is 0 Å². The minimum absolute atomic E-state index is 0.0291. The van der Waals surface area contributed by atoms with E-state index in [9.17, 15) is 9.59 Å². The summed E-state index contributed by atoms with van der Waals surface area (Å²) in [5, 5.41) is 9.05. The smallest absolute Gasteiger partial charge is 0.326 e. The molecule has 1 amide bonds. The van der Waals surface area contributed by atoms with E-state index in [1.807, 2.05) is 20.8 Å². The first-order valence-corrected chi connectivity index (χ1v) is 4.99. The van der Waals surface area contributed by atoms with Gasteiger partial charge in [-0.25, -0.2) is 4.79 Å². The molecule has 0 aromatic rings. The summed E-state index contributed by atoms with van der Waals surface area (Å²) in [5.41, 5.74) is 0. The number of nitrogens with zero attached hydrogens (tertiary/aromatic N) is 1. The fraction of sp³-hybridized carbons (Fsp3) is 0.800. The molecule has 1 saturated heterocycles. The molecule has 1 aliphatic heterocycles. The maximum Gasteiger partial charge on any atom is 0.326 e. The highest BCUT2D eigenvalue weighted by atomic mass is 16.4. The fourth-order valence-corrected chi connectivity index (χ4v) is 2.00. The van der Waals surface area contributed by atoms with Crippen molar-refractivity contribution in [3.63, 3.8) is 0 Å². The van der Waals surface area contributed by atoms with Crippen molar-refractivity contribution in [3.8, 4) is 0 Å². The monoisotopic (exact) mass is 199 g/mol. The Balaban J connectivity index is 2.87. The highest BCUT2D eigenvalue weighted by molar-refractivity contribution is 5.85. The molecule has 80 valence electrons. The first-order chi connectivity index (χ1) is 6.45. The summed E-state index contributed by atoms with van der Waals surface area (Å²) in [4.78, 5) is 24.0. The highest BCUT2D eigenvalue weighted by Gasteiger charge is 2.38. The zero-order valence-electron chi connectivity index (χ0n) is 8.86. The Kier molecular flexibility index (Phi) is 3.13. The lowest BCUT2D eigenvalue weighted by molar-refractivity contribution is -0.151. The topological polar surface area (TPSA) is 57.6 Å². The number of rotatable bonds is 3. The third kappa shape index (κ3) is 1.89. The molecule has 1 aliphatic rings. The lowest BCUT2D eigenvalue weighted by Crippen LogP contribution is -2.48. The lowest BCUT2D eigenvalue weighted by atomic mass is 10.0. The molecule has 0 aromatic carbocycles. The molecule has 2 atom stereocenters. The number of aliphatic carboxylic acids is 1. The third-order valence-electron chi connectivity index (χ3n) is 2.72. The van der Waals surface area contributed by atoms with Crippen molar-refractivity contribution in [1.82, 2.24) is 4.90 Å². The molecule has 1 fully saturated rings. The summed E-state index contributed by atoms with van der Waals surface area (Å²) in [5.74, 6) is -0.974. The predicted octanol–water partition coefficient (Wildman–Crippen LogP) is 1.11. The van der Waals surface area contributed by atoms with Gasteiger partial charge in [-0.15, -0.1) is 0 Å². The van der Waals surface area contributed by atoms with Gasteiger partial charge in [-0.1, -0.05) is 13.8 Å². The van der Waals surface area contributed by atoms with Crippen LogP contribution in [0, 0.1) is 5.92 Å². The molecule has 1 rings (SSSR count). The van der Waals surface area contributed by atoms with Gasteiger partial charge in [-0.05, 0) is 19.3 Å². The van der Waals surface area contributed by atoms with Crippen molar-refractivity contribution in [2.75, 3.05) is 0 Å². The normalized spacial score (nSPS) is 24.4. The maximum absolute atomic E-state index is 11.5. The Morgan fingerprint density at radius 1 is 1.57 bits per heavy atom. The van der Waals surface area contributed by atoms with Crippen molar-refractivity contribution in [2.45, 2.75) is 45.7 Å². The molecule has 0 radical (unpaired) electrons. The first kappa shape index (κ1) is 11.0. The Labute approximate surface area is 83.9 Å². The number of carbonyl (C=O) groups is 2.